The van der Waals surface area contributed by atoms with Crippen molar-refractivity contribution in [3.63, 3.8) is 0 Å². The van der Waals surface area contributed by atoms with Crippen LogP contribution < -0.4 is 0 Å². The van der Waals surface area contributed by atoms with E-state index in [1.165, 1.54) is 12.3 Å². The molecule has 0 atom stereocenters. The monoisotopic (exact) mass is 267 g/mol. The molecule has 100 valence electrons. The Morgan fingerprint density at radius 2 is 2.26 bits per heavy atom. The van der Waals surface area contributed by atoms with Gasteiger partial charge in [0.1, 0.15) is 6.54 Å². The van der Waals surface area contributed by atoms with Crippen LogP contribution in [-0.2, 0) is 6.54 Å². The molecule has 7 heteroatoms. The van der Waals surface area contributed by atoms with Gasteiger partial charge in [-0.1, -0.05) is 0 Å². The molecule has 0 spiro atoms. The minimum absolute atomic E-state index is 0.0763. The third-order valence-electron chi connectivity index (χ3n) is 3.17. The number of carbonyl (C=O) groups is 1. The topological polar surface area (TPSA) is 68.0 Å². The van der Waals surface area contributed by atoms with Gasteiger partial charge in [-0.3, -0.25) is 0 Å². The third-order valence-corrected chi connectivity index (χ3v) is 3.17. The van der Waals surface area contributed by atoms with Gasteiger partial charge >= 0.3 is 5.97 Å². The number of rotatable bonds is 4. The van der Waals surface area contributed by atoms with E-state index >= 15 is 0 Å². The Balaban J connectivity index is 2.18. The molecule has 0 saturated heterocycles. The summed E-state index contributed by atoms with van der Waals surface area (Å²) in [6.45, 7) is -0.580. The zero-order valence-electron chi connectivity index (χ0n) is 9.88. The number of nitrogens with zero attached hydrogens (tertiary/aromatic N) is 3. The van der Waals surface area contributed by atoms with Crippen LogP contribution in [0, 0.1) is 0 Å². The molecule has 0 aliphatic heterocycles. The first-order chi connectivity index (χ1) is 9.06. The van der Waals surface area contributed by atoms with Crippen molar-refractivity contribution in [3.05, 3.63) is 23.5 Å². The number of aromatic carboxylic acids is 1. The van der Waals surface area contributed by atoms with E-state index in [1.54, 1.807) is 0 Å². The lowest BCUT2D eigenvalue weighted by Crippen LogP contribution is -2.09. The molecule has 0 aromatic carbocycles. The first kappa shape index (κ1) is 12.0. The van der Waals surface area contributed by atoms with Crippen LogP contribution in [-0.4, -0.2) is 32.3 Å². The van der Waals surface area contributed by atoms with Crippen molar-refractivity contribution in [2.24, 2.45) is 0 Å². The normalized spacial score (nSPS) is 15.3. The third kappa shape index (κ3) is 2.16. The number of halogens is 2. The van der Waals surface area contributed by atoms with Gasteiger partial charge in [0.2, 0.25) is 0 Å². The van der Waals surface area contributed by atoms with Crippen molar-refractivity contribution in [2.75, 3.05) is 0 Å². The maximum absolute atomic E-state index is 12.5. The highest BCUT2D eigenvalue weighted by Crippen LogP contribution is 2.40. The molecule has 1 aliphatic rings. The second-order valence-corrected chi connectivity index (χ2v) is 4.63. The Morgan fingerprint density at radius 1 is 1.53 bits per heavy atom. The molecule has 1 saturated carbocycles. The average molecular weight is 267 g/mol. The molecule has 0 radical (unpaired) electrons. The summed E-state index contributed by atoms with van der Waals surface area (Å²) in [4.78, 5) is 15.5. The molecule has 5 nitrogen and oxygen atoms in total. The van der Waals surface area contributed by atoms with Gasteiger partial charge in [0.15, 0.2) is 5.65 Å². The number of pyridine rings is 1. The molecule has 0 amide bonds. The molecule has 1 aliphatic carbocycles. The highest BCUT2D eigenvalue weighted by molar-refractivity contribution is 6.01. The Bertz CT molecular complexity index is 650. The van der Waals surface area contributed by atoms with E-state index in [2.05, 4.69) is 10.1 Å². The molecule has 0 bridgehead atoms. The number of hydrogen-bond donors (Lipinski definition) is 1. The molecule has 1 fully saturated rings. The van der Waals surface area contributed by atoms with Gasteiger partial charge in [-0.25, -0.2) is 23.2 Å². The van der Waals surface area contributed by atoms with E-state index in [0.717, 1.165) is 17.5 Å². The summed E-state index contributed by atoms with van der Waals surface area (Å²) in [5.74, 6) is -0.844. The standard InChI is InChI=1S/C12H11F2N3O2/c13-10(14)5-17-11-8(4-15-17)7(12(18)19)3-9(16-11)6-1-2-6/h3-4,6,10H,1-2,5H2,(H,18,19). The van der Waals surface area contributed by atoms with Crippen molar-refractivity contribution >= 4 is 17.0 Å². The van der Waals surface area contributed by atoms with Crippen LogP contribution in [0.1, 0.15) is 34.8 Å². The quantitative estimate of drug-likeness (QED) is 0.922. The fraction of sp³-hybridized carbons (Fsp3) is 0.417. The second kappa shape index (κ2) is 4.25. The summed E-state index contributed by atoms with van der Waals surface area (Å²) in [5, 5.41) is 13.3. The van der Waals surface area contributed by atoms with Crippen LogP contribution in [0.4, 0.5) is 8.78 Å². The lowest BCUT2D eigenvalue weighted by atomic mass is 10.1. The number of carboxylic acid groups (broad SMARTS) is 1. The van der Waals surface area contributed by atoms with Gasteiger partial charge in [-0.2, -0.15) is 5.10 Å². The summed E-state index contributed by atoms with van der Waals surface area (Å²) in [7, 11) is 0. The van der Waals surface area contributed by atoms with Gasteiger partial charge < -0.3 is 5.11 Å². The molecule has 0 unspecified atom stereocenters. The first-order valence-electron chi connectivity index (χ1n) is 5.94. The van der Waals surface area contributed by atoms with Crippen LogP contribution in [0.25, 0.3) is 11.0 Å². The number of hydrogen-bond acceptors (Lipinski definition) is 3. The fourth-order valence-corrected chi connectivity index (χ4v) is 2.10. The second-order valence-electron chi connectivity index (χ2n) is 4.63. The van der Waals surface area contributed by atoms with Crippen LogP contribution in [0.15, 0.2) is 12.3 Å². The smallest absolute Gasteiger partial charge is 0.336 e. The van der Waals surface area contributed by atoms with Crippen molar-refractivity contribution < 1.29 is 18.7 Å². The Labute approximate surface area is 106 Å². The molecule has 1 N–H and O–H groups in total. The van der Waals surface area contributed by atoms with Crippen molar-refractivity contribution in [1.82, 2.24) is 14.8 Å². The summed E-state index contributed by atoms with van der Waals surface area (Å²) >= 11 is 0. The molecule has 19 heavy (non-hydrogen) atoms. The lowest BCUT2D eigenvalue weighted by molar-refractivity contribution is 0.0699. The zero-order chi connectivity index (χ0) is 13.6. The number of carboxylic acids is 1. The Kier molecular flexibility index (Phi) is 2.69. The van der Waals surface area contributed by atoms with Gasteiger partial charge in [0.05, 0.1) is 17.1 Å². The zero-order valence-corrected chi connectivity index (χ0v) is 9.88. The number of fused-ring (bicyclic) bond motifs is 1. The van der Waals surface area contributed by atoms with Gasteiger partial charge in [-0.05, 0) is 18.9 Å². The first-order valence-corrected chi connectivity index (χ1v) is 5.94. The summed E-state index contributed by atoms with van der Waals surface area (Å²) in [6, 6.07) is 1.52. The largest absolute Gasteiger partial charge is 0.478 e. The van der Waals surface area contributed by atoms with E-state index in [-0.39, 0.29) is 17.1 Å². The molecule has 2 heterocycles. The van der Waals surface area contributed by atoms with Crippen LogP contribution in [0.5, 0.6) is 0 Å². The maximum atomic E-state index is 12.5. The average Bonchev–Trinajstić information content (AvgIpc) is 3.12. The molecule has 2 aromatic heterocycles. The summed E-state index contributed by atoms with van der Waals surface area (Å²) < 4.78 is 26.0. The number of alkyl halides is 2. The molecule has 3 rings (SSSR count). The van der Waals surface area contributed by atoms with Crippen molar-refractivity contribution in [3.8, 4) is 0 Å². The SMILES string of the molecule is O=C(O)c1cc(C2CC2)nc2c1cnn2CC(F)F. The van der Waals surface area contributed by atoms with E-state index in [1.807, 2.05) is 0 Å². The van der Waals surface area contributed by atoms with Crippen LogP contribution >= 0.6 is 0 Å². The van der Waals surface area contributed by atoms with E-state index in [9.17, 15) is 18.7 Å². The van der Waals surface area contributed by atoms with Gasteiger partial charge in [0.25, 0.3) is 6.43 Å². The Hall–Kier alpha value is -2.05. The van der Waals surface area contributed by atoms with Crippen molar-refractivity contribution in [1.29, 1.82) is 0 Å². The van der Waals surface area contributed by atoms with Gasteiger partial charge in [-0.15, -0.1) is 0 Å². The van der Waals surface area contributed by atoms with Gasteiger partial charge in [0, 0.05) is 11.6 Å². The molecule has 2 aromatic rings. The fourth-order valence-electron chi connectivity index (χ4n) is 2.10. The predicted molar refractivity (Wildman–Crippen MR) is 62.5 cm³/mol. The summed E-state index contributed by atoms with van der Waals surface area (Å²) in [6.07, 6.45) is 0.647. The van der Waals surface area contributed by atoms with Crippen LogP contribution in [0.3, 0.4) is 0 Å². The predicted octanol–water partition coefficient (Wildman–Crippen LogP) is 2.27. The minimum atomic E-state index is -2.55. The maximum Gasteiger partial charge on any atom is 0.336 e. The van der Waals surface area contributed by atoms with E-state index in [0.29, 0.717) is 11.1 Å². The Morgan fingerprint density at radius 3 is 2.84 bits per heavy atom. The molecular formula is C12H11F2N3O2. The van der Waals surface area contributed by atoms with Crippen LogP contribution in [0.2, 0.25) is 0 Å². The highest BCUT2D eigenvalue weighted by atomic mass is 19.3. The molecular weight excluding hydrogens is 256 g/mol. The minimum Gasteiger partial charge on any atom is -0.478 e. The van der Waals surface area contributed by atoms with Crippen molar-refractivity contribution in [2.45, 2.75) is 31.7 Å². The summed E-state index contributed by atoms with van der Waals surface area (Å²) in [5.41, 5.74) is 0.954. The highest BCUT2D eigenvalue weighted by Gasteiger charge is 2.28. The van der Waals surface area contributed by atoms with E-state index < -0.39 is 18.9 Å². The lowest BCUT2D eigenvalue weighted by Gasteiger charge is -2.05. The van der Waals surface area contributed by atoms with E-state index in [4.69, 9.17) is 0 Å². The number of aromatic nitrogens is 3.